The Kier molecular flexibility index (Phi) is 2.54. The third-order valence-corrected chi connectivity index (χ3v) is 10.2. The molecule has 0 bridgehead atoms. The van der Waals surface area contributed by atoms with Gasteiger partial charge in [-0.15, -0.1) is 0 Å². The van der Waals surface area contributed by atoms with Crippen molar-refractivity contribution in [2.45, 2.75) is 0 Å². The van der Waals surface area contributed by atoms with Crippen LogP contribution in [0.3, 0.4) is 0 Å². The molecule has 0 radical (unpaired) electrons. The maximum atomic E-state index is 6.23. The molecule has 4 aromatic rings. The van der Waals surface area contributed by atoms with Crippen molar-refractivity contribution in [1.29, 1.82) is 0 Å². The lowest BCUT2D eigenvalue weighted by molar-refractivity contribution is 0.487. The van der Waals surface area contributed by atoms with Crippen LogP contribution in [0.1, 0.15) is 0 Å². The zero-order valence-electron chi connectivity index (χ0n) is 13.8. The molecule has 0 amide bonds. The summed E-state index contributed by atoms with van der Waals surface area (Å²) in [6.45, 7) is 0. The van der Waals surface area contributed by atoms with Crippen LogP contribution in [-0.2, 0) is 0 Å². The quantitative estimate of drug-likeness (QED) is 0.384. The van der Waals surface area contributed by atoms with Gasteiger partial charge in [-0.25, -0.2) is 0 Å². The zero-order chi connectivity index (χ0) is 17.1. The summed E-state index contributed by atoms with van der Waals surface area (Å²) in [6, 6.07) is 38.4. The molecule has 118 valence electrons. The molecule has 4 aromatic carbocycles. The predicted octanol–water partition coefficient (Wildman–Crippen LogP) is 2.35. The highest BCUT2D eigenvalue weighted by Gasteiger charge is 2.54. The molecule has 0 unspecified atom stereocenters. The lowest BCUT2D eigenvalue weighted by atomic mass is 10.1. The van der Waals surface area contributed by atoms with Crippen LogP contribution >= 0.6 is 0 Å². The molecule has 0 saturated carbocycles. The molecule has 0 aliphatic carbocycles. The largest absolute Gasteiger partial charge is 0.456 e. The topological polar surface area (TPSA) is 9.23 Å². The highest BCUT2D eigenvalue weighted by atomic mass is 28.3. The second-order valence-electron chi connectivity index (χ2n) is 6.63. The Labute approximate surface area is 153 Å². The number of benzene rings is 2. The van der Waals surface area contributed by atoms with Gasteiger partial charge in [-0.3, -0.25) is 0 Å². The third kappa shape index (κ3) is 1.49. The van der Waals surface area contributed by atoms with E-state index in [1.54, 1.807) is 0 Å². The fraction of sp³-hybridized carbons (Fsp3) is 0. The second kappa shape index (κ2) is 4.79. The molecule has 0 saturated heterocycles. The van der Waals surface area contributed by atoms with Crippen LogP contribution in [0, 0.1) is 24.3 Å². The molecule has 0 atom stereocenters. The molecule has 2 aliphatic rings. The van der Waals surface area contributed by atoms with Gasteiger partial charge in [0, 0.05) is 10.4 Å². The normalized spacial score (nSPS) is 14.2. The first-order chi connectivity index (χ1) is 12.9. The van der Waals surface area contributed by atoms with E-state index in [1.807, 2.05) is 24.3 Å². The SMILES string of the molecule is c1ccc2c(c#1)[Si]1(c3c#cccc3O2)c2ccccc2-c2ccccc21. The first-order valence-electron chi connectivity index (χ1n) is 8.63. The first kappa shape index (κ1) is 13.8. The van der Waals surface area contributed by atoms with E-state index in [2.05, 4.69) is 72.8 Å². The van der Waals surface area contributed by atoms with Crippen molar-refractivity contribution < 1.29 is 4.74 Å². The molecular formula is C24H12OSi. The maximum Gasteiger partial charge on any atom is 0.209 e. The van der Waals surface area contributed by atoms with Crippen LogP contribution in [0.4, 0.5) is 0 Å². The standard InChI is InChI=1S/C24H12OSi/c1-5-13-21-17(9-1)18-10-2-6-14-22(18)26(21)23-15-7-3-11-19(23)25-20-12-4-8-16-24(20)26/h1-6,9-14H. The molecule has 0 aromatic heterocycles. The smallest absolute Gasteiger partial charge is 0.209 e. The van der Waals surface area contributed by atoms with Crippen molar-refractivity contribution in [3.8, 4) is 22.6 Å². The fourth-order valence-electron chi connectivity index (χ4n) is 4.50. The Morgan fingerprint density at radius 3 is 1.65 bits per heavy atom. The minimum Gasteiger partial charge on any atom is -0.456 e. The molecule has 26 heavy (non-hydrogen) atoms. The van der Waals surface area contributed by atoms with Gasteiger partial charge in [-0.2, -0.15) is 0 Å². The Bertz CT molecular complexity index is 1080. The van der Waals surface area contributed by atoms with Gasteiger partial charge in [0.25, 0.3) is 0 Å². The van der Waals surface area contributed by atoms with Crippen molar-refractivity contribution in [3.63, 3.8) is 0 Å². The van der Waals surface area contributed by atoms with Crippen LogP contribution in [0.5, 0.6) is 11.5 Å². The lowest BCUT2D eigenvalue weighted by Crippen LogP contribution is -2.74. The second-order valence-corrected chi connectivity index (χ2v) is 10.2. The first-order valence-corrected chi connectivity index (χ1v) is 10.6. The number of rotatable bonds is 0. The molecule has 2 heterocycles. The molecule has 2 aliphatic heterocycles. The molecule has 1 spiro atoms. The lowest BCUT2D eigenvalue weighted by Gasteiger charge is -2.34. The minimum absolute atomic E-state index is 0.883. The van der Waals surface area contributed by atoms with Crippen LogP contribution in [-0.4, -0.2) is 8.07 Å². The average Bonchev–Trinajstić information content (AvgIpc) is 3.00. The molecular weight excluding hydrogens is 332 g/mol. The van der Waals surface area contributed by atoms with E-state index >= 15 is 0 Å². The van der Waals surface area contributed by atoms with E-state index in [4.69, 9.17) is 4.74 Å². The van der Waals surface area contributed by atoms with Gasteiger partial charge >= 0.3 is 0 Å². The molecule has 6 rings (SSSR count). The van der Waals surface area contributed by atoms with E-state index < -0.39 is 8.07 Å². The summed E-state index contributed by atoms with van der Waals surface area (Å²) in [5.41, 5.74) is 2.62. The third-order valence-electron chi connectivity index (χ3n) is 5.45. The zero-order valence-corrected chi connectivity index (χ0v) is 14.8. The van der Waals surface area contributed by atoms with Gasteiger partial charge in [-0.1, -0.05) is 72.8 Å². The highest BCUT2D eigenvalue weighted by Crippen LogP contribution is 2.34. The van der Waals surface area contributed by atoms with Gasteiger partial charge in [0.2, 0.25) is 8.07 Å². The number of hydrogen-bond acceptors (Lipinski definition) is 1. The summed E-state index contributed by atoms with van der Waals surface area (Å²) in [6.07, 6.45) is 0. The van der Waals surface area contributed by atoms with Crippen molar-refractivity contribution in [2.24, 2.45) is 0 Å². The van der Waals surface area contributed by atoms with Crippen molar-refractivity contribution >= 4 is 28.8 Å². The Balaban J connectivity index is 1.87. The summed E-state index contributed by atoms with van der Waals surface area (Å²) in [5.74, 6) is 1.77. The Morgan fingerprint density at radius 1 is 0.615 bits per heavy atom. The van der Waals surface area contributed by atoms with Gasteiger partial charge in [0.1, 0.15) is 11.5 Å². The van der Waals surface area contributed by atoms with E-state index in [0.717, 1.165) is 21.9 Å². The summed E-state index contributed by atoms with van der Waals surface area (Å²) >= 11 is 0. The number of hydrogen-bond donors (Lipinski definition) is 0. The fourth-order valence-corrected chi connectivity index (χ4v) is 9.58. The van der Waals surface area contributed by atoms with Crippen molar-refractivity contribution in [2.75, 3.05) is 0 Å². The van der Waals surface area contributed by atoms with Crippen LogP contribution < -0.4 is 25.5 Å². The summed E-state index contributed by atoms with van der Waals surface area (Å²) in [5, 5.41) is 5.00. The van der Waals surface area contributed by atoms with E-state index in [9.17, 15) is 0 Å². The van der Waals surface area contributed by atoms with E-state index in [0.29, 0.717) is 0 Å². The van der Waals surface area contributed by atoms with Gasteiger partial charge in [-0.05, 0) is 45.8 Å². The van der Waals surface area contributed by atoms with Crippen molar-refractivity contribution in [1.82, 2.24) is 0 Å². The monoisotopic (exact) mass is 344 g/mol. The highest BCUT2D eigenvalue weighted by molar-refractivity contribution is 7.22. The molecule has 2 heteroatoms. The van der Waals surface area contributed by atoms with Gasteiger partial charge in [0.15, 0.2) is 0 Å². The van der Waals surface area contributed by atoms with Crippen LogP contribution in [0.25, 0.3) is 11.1 Å². The Morgan fingerprint density at radius 2 is 1.12 bits per heavy atom. The number of ether oxygens (including phenoxy) is 1. The van der Waals surface area contributed by atoms with E-state index in [-0.39, 0.29) is 0 Å². The Hall–Kier alpha value is -3.46. The van der Waals surface area contributed by atoms with Crippen LogP contribution in [0.15, 0.2) is 72.8 Å². The summed E-state index contributed by atoms with van der Waals surface area (Å²) in [4.78, 5) is 0. The molecule has 0 N–H and O–H groups in total. The van der Waals surface area contributed by atoms with Gasteiger partial charge < -0.3 is 4.74 Å². The van der Waals surface area contributed by atoms with Crippen molar-refractivity contribution in [3.05, 3.63) is 97.1 Å². The average molecular weight is 344 g/mol. The minimum atomic E-state index is -2.50. The summed E-state index contributed by atoms with van der Waals surface area (Å²) < 4.78 is 6.23. The predicted molar refractivity (Wildman–Crippen MR) is 104 cm³/mol. The summed E-state index contributed by atoms with van der Waals surface area (Å²) in [7, 11) is -2.50. The van der Waals surface area contributed by atoms with Gasteiger partial charge in [0.05, 0.1) is 0 Å². The maximum absolute atomic E-state index is 6.23. The van der Waals surface area contributed by atoms with E-state index in [1.165, 1.54) is 21.5 Å². The molecule has 0 fully saturated rings. The van der Waals surface area contributed by atoms with Crippen LogP contribution in [0.2, 0.25) is 0 Å². The molecule has 1 nitrogen and oxygen atoms in total. The number of fused-ring (bicyclic) bond motifs is 9.